The zero-order chi connectivity index (χ0) is 20.4. The maximum absolute atomic E-state index is 12.4. The number of hydrogen-bond acceptors (Lipinski definition) is 5. The molecule has 144 valence electrons. The van der Waals surface area contributed by atoms with Gasteiger partial charge in [0.2, 0.25) is 15.9 Å². The highest BCUT2D eigenvalue weighted by Gasteiger charge is 2.24. The first-order valence-corrected chi connectivity index (χ1v) is 10.0. The third-order valence-corrected chi connectivity index (χ3v) is 5.20. The lowest BCUT2D eigenvalue weighted by Crippen LogP contribution is -2.38. The number of nitro benzene ring substituents is 1. The van der Waals surface area contributed by atoms with E-state index in [4.69, 9.17) is 11.6 Å². The number of carbonyl (C=O) groups excluding carboxylic acids is 1. The highest BCUT2D eigenvalue weighted by Crippen LogP contribution is 2.27. The van der Waals surface area contributed by atoms with Crippen LogP contribution in [-0.4, -0.2) is 32.0 Å². The average molecular weight is 412 g/mol. The highest BCUT2D eigenvalue weighted by molar-refractivity contribution is 7.92. The van der Waals surface area contributed by atoms with Gasteiger partial charge in [-0.2, -0.15) is 0 Å². The number of nitrogens with zero attached hydrogens (tertiary/aromatic N) is 2. The lowest BCUT2D eigenvalue weighted by atomic mass is 10.2. The van der Waals surface area contributed by atoms with Crippen molar-refractivity contribution in [3.05, 3.63) is 62.7 Å². The Balaban J connectivity index is 2.36. The van der Waals surface area contributed by atoms with Crippen LogP contribution in [0.15, 0.2) is 36.4 Å². The molecule has 0 radical (unpaired) electrons. The summed E-state index contributed by atoms with van der Waals surface area (Å²) in [4.78, 5) is 22.8. The van der Waals surface area contributed by atoms with Crippen molar-refractivity contribution in [2.75, 3.05) is 22.4 Å². The number of anilines is 2. The van der Waals surface area contributed by atoms with Crippen LogP contribution in [0.3, 0.4) is 0 Å². The van der Waals surface area contributed by atoms with Crippen LogP contribution in [0, 0.1) is 24.0 Å². The second-order valence-electron chi connectivity index (χ2n) is 6.00. The molecule has 0 spiro atoms. The Morgan fingerprint density at radius 3 is 2.41 bits per heavy atom. The van der Waals surface area contributed by atoms with Gasteiger partial charge in [-0.05, 0) is 37.1 Å². The summed E-state index contributed by atoms with van der Waals surface area (Å²) in [6.45, 7) is 2.84. The highest BCUT2D eigenvalue weighted by atomic mass is 35.5. The van der Waals surface area contributed by atoms with Crippen LogP contribution < -0.4 is 9.62 Å². The van der Waals surface area contributed by atoms with Gasteiger partial charge in [-0.25, -0.2) is 8.42 Å². The van der Waals surface area contributed by atoms with Crippen LogP contribution in [0.4, 0.5) is 17.1 Å². The van der Waals surface area contributed by atoms with Crippen LogP contribution in [-0.2, 0) is 14.8 Å². The fraction of sp³-hybridized carbons (Fsp3) is 0.235. The van der Waals surface area contributed by atoms with E-state index in [9.17, 15) is 23.3 Å². The van der Waals surface area contributed by atoms with E-state index in [0.29, 0.717) is 16.3 Å². The molecule has 2 aromatic rings. The molecule has 0 atom stereocenters. The molecule has 1 N–H and O–H groups in total. The molecule has 0 aromatic heterocycles. The maximum Gasteiger partial charge on any atom is 0.271 e. The van der Waals surface area contributed by atoms with E-state index in [0.717, 1.165) is 22.2 Å². The number of rotatable bonds is 6. The number of benzene rings is 2. The van der Waals surface area contributed by atoms with Crippen molar-refractivity contribution in [1.82, 2.24) is 0 Å². The minimum Gasteiger partial charge on any atom is -0.324 e. The van der Waals surface area contributed by atoms with Crippen molar-refractivity contribution in [1.29, 1.82) is 0 Å². The van der Waals surface area contributed by atoms with Gasteiger partial charge >= 0.3 is 0 Å². The smallest absolute Gasteiger partial charge is 0.271 e. The third kappa shape index (κ3) is 5.18. The first-order chi connectivity index (χ1) is 12.5. The Hall–Kier alpha value is -2.65. The fourth-order valence-corrected chi connectivity index (χ4v) is 3.49. The lowest BCUT2D eigenvalue weighted by molar-refractivity contribution is -0.384. The van der Waals surface area contributed by atoms with Crippen LogP contribution in [0.5, 0.6) is 0 Å². The molecule has 0 aliphatic heterocycles. The molecule has 0 aliphatic carbocycles. The summed E-state index contributed by atoms with van der Waals surface area (Å²) in [7, 11) is -3.86. The normalized spacial score (nSPS) is 11.1. The second-order valence-corrected chi connectivity index (χ2v) is 8.35. The van der Waals surface area contributed by atoms with Crippen molar-refractivity contribution in [3.63, 3.8) is 0 Å². The van der Waals surface area contributed by atoms with Crippen molar-refractivity contribution >= 4 is 44.6 Å². The Bertz CT molecular complexity index is 1010. The minimum atomic E-state index is -3.86. The largest absolute Gasteiger partial charge is 0.324 e. The van der Waals surface area contributed by atoms with Gasteiger partial charge in [-0.1, -0.05) is 23.7 Å². The molecular weight excluding hydrogens is 394 g/mol. The van der Waals surface area contributed by atoms with Crippen LogP contribution in [0.25, 0.3) is 0 Å². The summed E-state index contributed by atoms with van der Waals surface area (Å²) < 4.78 is 25.3. The number of sulfonamides is 1. The van der Waals surface area contributed by atoms with Crippen molar-refractivity contribution in [2.24, 2.45) is 0 Å². The molecule has 8 nitrogen and oxygen atoms in total. The van der Waals surface area contributed by atoms with Crippen LogP contribution >= 0.6 is 11.6 Å². The average Bonchev–Trinajstić information content (AvgIpc) is 2.55. The zero-order valence-corrected chi connectivity index (χ0v) is 16.5. The van der Waals surface area contributed by atoms with Gasteiger partial charge in [-0.3, -0.25) is 19.2 Å². The van der Waals surface area contributed by atoms with Crippen molar-refractivity contribution in [2.45, 2.75) is 13.8 Å². The van der Waals surface area contributed by atoms with Gasteiger partial charge in [0, 0.05) is 22.8 Å². The van der Waals surface area contributed by atoms with E-state index in [1.165, 1.54) is 12.1 Å². The van der Waals surface area contributed by atoms with Gasteiger partial charge < -0.3 is 5.32 Å². The number of halogens is 1. The molecule has 2 aromatic carbocycles. The van der Waals surface area contributed by atoms with Crippen molar-refractivity contribution in [3.8, 4) is 0 Å². The second kappa shape index (κ2) is 7.93. The van der Waals surface area contributed by atoms with E-state index in [2.05, 4.69) is 5.32 Å². The van der Waals surface area contributed by atoms with Gasteiger partial charge in [0.25, 0.3) is 5.69 Å². The van der Waals surface area contributed by atoms with E-state index in [-0.39, 0.29) is 11.4 Å². The van der Waals surface area contributed by atoms with Crippen LogP contribution in [0.2, 0.25) is 5.02 Å². The van der Waals surface area contributed by atoms with Gasteiger partial charge in [0.05, 0.1) is 16.9 Å². The Labute approximate surface area is 162 Å². The predicted molar refractivity (Wildman–Crippen MR) is 105 cm³/mol. The molecule has 1 amide bonds. The first kappa shape index (κ1) is 20.7. The monoisotopic (exact) mass is 411 g/mol. The van der Waals surface area contributed by atoms with Crippen molar-refractivity contribution < 1.29 is 18.1 Å². The molecule has 10 heteroatoms. The number of hydrogen-bond donors (Lipinski definition) is 1. The summed E-state index contributed by atoms with van der Waals surface area (Å²) in [5.41, 5.74) is 1.50. The van der Waals surface area contributed by atoms with E-state index in [1.807, 2.05) is 0 Å². The molecular formula is C17H18ClN3O5S. The van der Waals surface area contributed by atoms with Gasteiger partial charge in [-0.15, -0.1) is 0 Å². The standard InChI is InChI=1S/C17H18ClN3O5S/c1-11-4-6-13(18)8-15(11)19-17(22)10-20(27(3,25)26)16-9-14(21(23)24)7-5-12(16)2/h4-9H,10H2,1-3H3,(H,19,22). The SMILES string of the molecule is Cc1ccc(Cl)cc1NC(=O)CN(c1cc([N+](=O)[O-])ccc1C)S(C)(=O)=O. The zero-order valence-electron chi connectivity index (χ0n) is 14.9. The molecule has 27 heavy (non-hydrogen) atoms. The number of aryl methyl sites for hydroxylation is 2. The summed E-state index contributed by atoms with van der Waals surface area (Å²) in [5.74, 6) is -0.600. The topological polar surface area (TPSA) is 110 Å². The molecule has 0 unspecified atom stereocenters. The number of nitrogens with one attached hydrogen (secondary N) is 1. The molecule has 2 rings (SSSR count). The predicted octanol–water partition coefficient (Wildman–Crippen LogP) is 3.27. The molecule has 0 aliphatic rings. The van der Waals surface area contributed by atoms with Gasteiger partial charge in [0.15, 0.2) is 0 Å². The third-order valence-electron chi connectivity index (χ3n) is 3.83. The maximum atomic E-state index is 12.4. The summed E-state index contributed by atoms with van der Waals surface area (Å²) in [6, 6.07) is 8.78. The lowest BCUT2D eigenvalue weighted by Gasteiger charge is -2.23. The van der Waals surface area contributed by atoms with E-state index in [1.54, 1.807) is 32.0 Å². The first-order valence-electron chi connectivity index (χ1n) is 7.78. The van der Waals surface area contributed by atoms with Gasteiger partial charge in [0.1, 0.15) is 6.54 Å². The molecule has 0 saturated carbocycles. The number of amides is 1. The Morgan fingerprint density at radius 1 is 1.19 bits per heavy atom. The number of nitro groups is 1. The molecule has 0 bridgehead atoms. The quantitative estimate of drug-likeness (QED) is 0.579. The number of non-ortho nitro benzene ring substituents is 1. The molecule has 0 heterocycles. The fourth-order valence-electron chi connectivity index (χ4n) is 2.41. The molecule has 0 fully saturated rings. The van der Waals surface area contributed by atoms with E-state index < -0.39 is 27.4 Å². The Morgan fingerprint density at radius 2 is 1.81 bits per heavy atom. The minimum absolute atomic E-state index is 0.0738. The Kier molecular flexibility index (Phi) is 6.07. The van der Waals surface area contributed by atoms with Crippen LogP contribution in [0.1, 0.15) is 11.1 Å². The number of carbonyl (C=O) groups is 1. The summed E-state index contributed by atoms with van der Waals surface area (Å²) >= 11 is 5.92. The van der Waals surface area contributed by atoms with E-state index >= 15 is 0 Å². The summed E-state index contributed by atoms with van der Waals surface area (Å²) in [5, 5.41) is 14.1. The summed E-state index contributed by atoms with van der Waals surface area (Å²) in [6.07, 6.45) is 0.934. The molecule has 0 saturated heterocycles.